The molecular weight excluding hydrogens is 196 g/mol. The highest BCUT2D eigenvalue weighted by atomic mass is 35.5. The molecule has 1 aromatic rings. The molecule has 0 aliphatic heterocycles. The summed E-state index contributed by atoms with van der Waals surface area (Å²) in [5.41, 5.74) is 0. The topological polar surface area (TPSA) is 31.5 Å². The summed E-state index contributed by atoms with van der Waals surface area (Å²) >= 11 is 5.54. The number of halogens is 1. The third-order valence-electron chi connectivity index (χ3n) is 1.89. The van der Waals surface area contributed by atoms with Crippen molar-refractivity contribution in [3.8, 4) is 0 Å². The van der Waals surface area contributed by atoms with E-state index in [1.807, 2.05) is 30.3 Å². The van der Waals surface area contributed by atoms with E-state index in [-0.39, 0.29) is 5.48 Å². The van der Waals surface area contributed by atoms with Crippen molar-refractivity contribution in [3.63, 3.8) is 0 Å². The lowest BCUT2D eigenvalue weighted by Crippen LogP contribution is -1.77. The van der Waals surface area contributed by atoms with Crippen LogP contribution in [0.2, 0.25) is 5.02 Å². The Labute approximate surface area is 90.7 Å². The molecule has 0 radical (unpaired) electrons. The molecule has 2 N–H and O–H groups in total. The Kier molecular flexibility index (Phi) is 8.30. The van der Waals surface area contributed by atoms with Crippen molar-refractivity contribution < 1.29 is 5.48 Å². The lowest BCUT2D eigenvalue weighted by atomic mass is 10.1. The first-order valence-corrected chi connectivity index (χ1v) is 5.13. The largest absolute Gasteiger partial charge is 0.412 e. The van der Waals surface area contributed by atoms with Crippen LogP contribution < -0.4 is 0 Å². The molecule has 0 atom stereocenters. The summed E-state index contributed by atoms with van der Waals surface area (Å²) in [5.74, 6) is 0. The molecule has 2 heteroatoms. The van der Waals surface area contributed by atoms with E-state index in [9.17, 15) is 0 Å². The summed E-state index contributed by atoms with van der Waals surface area (Å²) in [6, 6.07) is 9.44. The van der Waals surface area contributed by atoms with E-state index >= 15 is 0 Å². The second-order valence-corrected chi connectivity index (χ2v) is 3.49. The summed E-state index contributed by atoms with van der Waals surface area (Å²) in [7, 11) is 0. The predicted molar refractivity (Wildman–Crippen MR) is 62.7 cm³/mol. The average molecular weight is 213 g/mol. The van der Waals surface area contributed by atoms with Crippen molar-refractivity contribution in [1.82, 2.24) is 0 Å². The standard InChI is InChI=1S/C6H5Cl.C6H10.H2O/c7-6-4-2-1-3-5-6;1-2-4-6-5-3-1;/h1-5H;1-2H,3-6H2;1H2. The normalized spacial score (nSPS) is 13.5. The van der Waals surface area contributed by atoms with Gasteiger partial charge in [0, 0.05) is 5.02 Å². The van der Waals surface area contributed by atoms with Crippen molar-refractivity contribution in [2.24, 2.45) is 0 Å². The second-order valence-electron chi connectivity index (χ2n) is 3.05. The lowest BCUT2D eigenvalue weighted by Gasteiger charge is -1.97. The summed E-state index contributed by atoms with van der Waals surface area (Å²) in [6.45, 7) is 0. The Morgan fingerprint density at radius 2 is 1.36 bits per heavy atom. The predicted octanol–water partition coefficient (Wildman–Crippen LogP) is 3.63. The zero-order valence-corrected chi connectivity index (χ0v) is 9.00. The van der Waals surface area contributed by atoms with Crippen LogP contribution >= 0.6 is 11.6 Å². The van der Waals surface area contributed by atoms with E-state index in [1.54, 1.807) is 0 Å². The fourth-order valence-electron chi connectivity index (χ4n) is 1.17. The maximum atomic E-state index is 5.54. The minimum absolute atomic E-state index is 0. The molecule has 0 saturated heterocycles. The van der Waals surface area contributed by atoms with Gasteiger partial charge in [0.05, 0.1) is 0 Å². The Hall–Kier alpha value is -0.790. The van der Waals surface area contributed by atoms with E-state index in [4.69, 9.17) is 11.6 Å². The van der Waals surface area contributed by atoms with Crippen LogP contribution in [0.5, 0.6) is 0 Å². The van der Waals surface area contributed by atoms with Gasteiger partial charge < -0.3 is 5.48 Å². The Bertz CT molecular complexity index is 236. The zero-order valence-electron chi connectivity index (χ0n) is 8.25. The van der Waals surface area contributed by atoms with Crippen LogP contribution in [-0.4, -0.2) is 5.48 Å². The van der Waals surface area contributed by atoms with Gasteiger partial charge in [0.1, 0.15) is 0 Å². The Balaban J connectivity index is 0.000000227. The third kappa shape index (κ3) is 6.70. The molecule has 78 valence electrons. The minimum atomic E-state index is 0. The third-order valence-corrected chi connectivity index (χ3v) is 2.14. The molecule has 0 amide bonds. The van der Waals surface area contributed by atoms with Crippen molar-refractivity contribution >= 4 is 11.6 Å². The van der Waals surface area contributed by atoms with Crippen LogP contribution in [0.15, 0.2) is 42.5 Å². The maximum absolute atomic E-state index is 5.54. The SMILES string of the molecule is C1=CCCCC1.Clc1ccccc1.O. The van der Waals surface area contributed by atoms with Gasteiger partial charge in [-0.3, -0.25) is 0 Å². The van der Waals surface area contributed by atoms with E-state index in [0.29, 0.717) is 0 Å². The van der Waals surface area contributed by atoms with Crippen LogP contribution in [0.1, 0.15) is 25.7 Å². The van der Waals surface area contributed by atoms with E-state index in [1.165, 1.54) is 25.7 Å². The molecule has 0 aromatic heterocycles. The van der Waals surface area contributed by atoms with Gasteiger partial charge in [-0.15, -0.1) is 0 Å². The lowest BCUT2D eigenvalue weighted by molar-refractivity contribution is 0.730. The first-order chi connectivity index (χ1) is 6.39. The summed E-state index contributed by atoms with van der Waals surface area (Å²) < 4.78 is 0. The van der Waals surface area contributed by atoms with Gasteiger partial charge in [0.15, 0.2) is 0 Å². The molecule has 14 heavy (non-hydrogen) atoms. The van der Waals surface area contributed by atoms with Crippen LogP contribution in [0.4, 0.5) is 0 Å². The summed E-state index contributed by atoms with van der Waals surface area (Å²) in [4.78, 5) is 0. The smallest absolute Gasteiger partial charge is 0.0405 e. The minimum Gasteiger partial charge on any atom is -0.412 e. The van der Waals surface area contributed by atoms with Crippen molar-refractivity contribution in [3.05, 3.63) is 47.5 Å². The van der Waals surface area contributed by atoms with Gasteiger partial charge >= 0.3 is 0 Å². The molecule has 1 aliphatic rings. The molecule has 1 nitrogen and oxygen atoms in total. The first kappa shape index (κ1) is 13.2. The van der Waals surface area contributed by atoms with Gasteiger partial charge in [0.25, 0.3) is 0 Å². The Morgan fingerprint density at radius 1 is 0.857 bits per heavy atom. The fraction of sp³-hybridized carbons (Fsp3) is 0.333. The van der Waals surface area contributed by atoms with Crippen molar-refractivity contribution in [1.29, 1.82) is 0 Å². The molecule has 0 unspecified atom stereocenters. The number of hydrogen-bond acceptors (Lipinski definition) is 0. The first-order valence-electron chi connectivity index (χ1n) is 4.75. The quantitative estimate of drug-likeness (QED) is 0.589. The zero-order chi connectivity index (χ0) is 9.36. The maximum Gasteiger partial charge on any atom is 0.0405 e. The number of allylic oxidation sites excluding steroid dienone is 2. The number of benzene rings is 1. The molecular formula is C12H17ClO. The van der Waals surface area contributed by atoms with E-state index in [2.05, 4.69) is 12.2 Å². The van der Waals surface area contributed by atoms with E-state index in [0.717, 1.165) is 5.02 Å². The highest BCUT2D eigenvalue weighted by molar-refractivity contribution is 6.30. The second kappa shape index (κ2) is 8.79. The van der Waals surface area contributed by atoms with Crippen LogP contribution in [-0.2, 0) is 0 Å². The van der Waals surface area contributed by atoms with Crippen LogP contribution in [0.3, 0.4) is 0 Å². The molecule has 0 bridgehead atoms. The highest BCUT2D eigenvalue weighted by Crippen LogP contribution is 2.07. The van der Waals surface area contributed by atoms with Gasteiger partial charge in [-0.1, -0.05) is 42.0 Å². The summed E-state index contributed by atoms with van der Waals surface area (Å²) in [6.07, 6.45) is 10.0. The van der Waals surface area contributed by atoms with Crippen LogP contribution in [0.25, 0.3) is 0 Å². The highest BCUT2D eigenvalue weighted by Gasteiger charge is 1.87. The average Bonchev–Trinajstić information content (AvgIpc) is 2.22. The van der Waals surface area contributed by atoms with Gasteiger partial charge in [0.2, 0.25) is 0 Å². The molecule has 1 aromatic carbocycles. The monoisotopic (exact) mass is 212 g/mol. The van der Waals surface area contributed by atoms with Crippen LogP contribution in [0, 0.1) is 0 Å². The van der Waals surface area contributed by atoms with Crippen molar-refractivity contribution in [2.45, 2.75) is 25.7 Å². The Morgan fingerprint density at radius 3 is 1.57 bits per heavy atom. The molecule has 0 heterocycles. The van der Waals surface area contributed by atoms with Gasteiger partial charge in [-0.25, -0.2) is 0 Å². The van der Waals surface area contributed by atoms with Gasteiger partial charge in [-0.2, -0.15) is 0 Å². The number of hydrogen-bond donors (Lipinski definition) is 0. The molecule has 0 fully saturated rings. The van der Waals surface area contributed by atoms with Crippen molar-refractivity contribution in [2.75, 3.05) is 0 Å². The fourth-order valence-corrected chi connectivity index (χ4v) is 1.32. The molecule has 0 saturated carbocycles. The van der Waals surface area contributed by atoms with Gasteiger partial charge in [-0.05, 0) is 37.8 Å². The number of rotatable bonds is 0. The van der Waals surface area contributed by atoms with E-state index < -0.39 is 0 Å². The summed E-state index contributed by atoms with van der Waals surface area (Å²) in [5, 5.41) is 0.794. The molecule has 1 aliphatic carbocycles. The molecule has 0 spiro atoms. The molecule has 2 rings (SSSR count).